The van der Waals surface area contributed by atoms with E-state index >= 15 is 0 Å². The van der Waals surface area contributed by atoms with Crippen molar-refractivity contribution in [2.45, 2.75) is 26.3 Å². The maximum absolute atomic E-state index is 12.3. The summed E-state index contributed by atoms with van der Waals surface area (Å²) in [5.41, 5.74) is 7.20. The van der Waals surface area contributed by atoms with Gasteiger partial charge in [0.25, 0.3) is 0 Å². The molecule has 1 aromatic heterocycles. The number of hydrogen-bond acceptors (Lipinski definition) is 6. The van der Waals surface area contributed by atoms with Crippen LogP contribution in [0.2, 0.25) is 0 Å². The molecule has 24 heavy (non-hydrogen) atoms. The zero-order valence-corrected chi connectivity index (χ0v) is 14.4. The van der Waals surface area contributed by atoms with Gasteiger partial charge in [-0.15, -0.1) is 11.3 Å². The summed E-state index contributed by atoms with van der Waals surface area (Å²) < 4.78 is 5.17. The Morgan fingerprint density at radius 3 is 2.62 bits per heavy atom. The molecular weight excluding hydrogens is 328 g/mol. The van der Waals surface area contributed by atoms with Gasteiger partial charge in [-0.3, -0.25) is 9.59 Å². The molecule has 8 heteroatoms. The van der Waals surface area contributed by atoms with E-state index in [0.29, 0.717) is 35.8 Å². The molecule has 128 valence electrons. The Morgan fingerprint density at radius 2 is 2.00 bits per heavy atom. The first-order valence-electron chi connectivity index (χ1n) is 7.46. The number of carbonyl (C=O) groups excluding carboxylic acids is 2. The van der Waals surface area contributed by atoms with Gasteiger partial charge in [0.1, 0.15) is 10.8 Å². The first-order valence-corrected chi connectivity index (χ1v) is 8.34. The number of anilines is 2. The summed E-state index contributed by atoms with van der Waals surface area (Å²) in [5.74, 6) is 0.214. The van der Waals surface area contributed by atoms with Crippen LogP contribution >= 0.6 is 11.3 Å². The summed E-state index contributed by atoms with van der Waals surface area (Å²) in [6.45, 7) is 2.11. The van der Waals surface area contributed by atoms with Crippen LogP contribution in [0.5, 0.6) is 5.75 Å². The van der Waals surface area contributed by atoms with Gasteiger partial charge in [-0.25, -0.2) is 4.98 Å². The van der Waals surface area contributed by atoms with Crippen molar-refractivity contribution in [3.8, 4) is 5.75 Å². The molecule has 7 nitrogen and oxygen atoms in total. The van der Waals surface area contributed by atoms with Crippen molar-refractivity contribution < 1.29 is 14.3 Å². The summed E-state index contributed by atoms with van der Waals surface area (Å²) in [5, 5.41) is 8.14. The number of carbonyl (C=O) groups is 2. The van der Waals surface area contributed by atoms with E-state index < -0.39 is 0 Å². The predicted molar refractivity (Wildman–Crippen MR) is 94.3 cm³/mol. The number of aromatic nitrogens is 1. The number of nitrogens with one attached hydrogen (secondary N) is 2. The number of rotatable bonds is 7. The zero-order valence-electron chi connectivity index (χ0n) is 13.6. The predicted octanol–water partition coefficient (Wildman–Crippen LogP) is 2.14. The van der Waals surface area contributed by atoms with Crippen LogP contribution in [-0.4, -0.2) is 23.9 Å². The van der Waals surface area contributed by atoms with Crippen molar-refractivity contribution in [2.75, 3.05) is 17.7 Å². The van der Waals surface area contributed by atoms with Crippen molar-refractivity contribution in [1.82, 2.24) is 4.98 Å². The second-order valence-electron chi connectivity index (χ2n) is 4.97. The SMILES string of the molecule is CCC(=O)Nc1ccc(OC)cc1NC(=O)Cc1csc(CN)n1. The van der Waals surface area contributed by atoms with E-state index in [9.17, 15) is 9.59 Å². The van der Waals surface area contributed by atoms with Crippen molar-refractivity contribution in [3.05, 3.63) is 34.3 Å². The summed E-state index contributed by atoms with van der Waals surface area (Å²) >= 11 is 1.43. The number of thiazole rings is 1. The zero-order chi connectivity index (χ0) is 17.5. The van der Waals surface area contributed by atoms with Gasteiger partial charge in [0, 0.05) is 24.4 Å². The molecule has 4 N–H and O–H groups in total. The molecular formula is C16H20N4O3S. The summed E-state index contributed by atoms with van der Waals surface area (Å²) in [6.07, 6.45) is 0.481. The largest absolute Gasteiger partial charge is 0.497 e. The quantitative estimate of drug-likeness (QED) is 0.711. The van der Waals surface area contributed by atoms with E-state index in [4.69, 9.17) is 10.5 Å². The number of nitrogens with two attached hydrogens (primary N) is 1. The molecule has 0 fully saturated rings. The Labute approximate surface area is 144 Å². The van der Waals surface area contributed by atoms with Gasteiger partial charge in [0.2, 0.25) is 11.8 Å². The highest BCUT2D eigenvalue weighted by molar-refractivity contribution is 7.09. The van der Waals surface area contributed by atoms with Gasteiger partial charge in [0.15, 0.2) is 0 Å². The van der Waals surface area contributed by atoms with E-state index in [2.05, 4.69) is 15.6 Å². The normalized spacial score (nSPS) is 10.3. The highest BCUT2D eigenvalue weighted by atomic mass is 32.1. The van der Waals surface area contributed by atoms with Gasteiger partial charge in [-0.1, -0.05) is 6.92 Å². The fourth-order valence-electron chi connectivity index (χ4n) is 1.98. The van der Waals surface area contributed by atoms with Gasteiger partial charge in [-0.2, -0.15) is 0 Å². The third-order valence-electron chi connectivity index (χ3n) is 3.21. The monoisotopic (exact) mass is 348 g/mol. The molecule has 2 rings (SSSR count). The Balaban J connectivity index is 2.13. The molecule has 1 heterocycles. The Morgan fingerprint density at radius 1 is 1.25 bits per heavy atom. The number of ether oxygens (including phenoxy) is 1. The number of hydrogen-bond donors (Lipinski definition) is 3. The van der Waals surface area contributed by atoms with E-state index in [-0.39, 0.29) is 18.2 Å². The lowest BCUT2D eigenvalue weighted by Crippen LogP contribution is -2.18. The number of benzene rings is 1. The summed E-state index contributed by atoms with van der Waals surface area (Å²) in [4.78, 5) is 28.1. The fourth-order valence-corrected chi connectivity index (χ4v) is 2.66. The minimum absolute atomic E-state index is 0.134. The Kier molecular flexibility index (Phi) is 6.28. The Hall–Kier alpha value is -2.45. The molecule has 0 aliphatic carbocycles. The highest BCUT2D eigenvalue weighted by Crippen LogP contribution is 2.27. The second-order valence-corrected chi connectivity index (χ2v) is 5.92. The minimum Gasteiger partial charge on any atom is -0.497 e. The first-order chi connectivity index (χ1) is 11.5. The van der Waals surface area contributed by atoms with Crippen LogP contribution < -0.4 is 21.1 Å². The number of amides is 2. The van der Waals surface area contributed by atoms with Crippen LogP contribution in [0.4, 0.5) is 11.4 Å². The molecule has 1 aromatic carbocycles. The lowest BCUT2D eigenvalue weighted by atomic mass is 10.2. The lowest BCUT2D eigenvalue weighted by Gasteiger charge is -2.13. The molecule has 2 amide bonds. The van der Waals surface area contributed by atoms with Crippen molar-refractivity contribution in [3.63, 3.8) is 0 Å². The van der Waals surface area contributed by atoms with Crippen molar-refractivity contribution >= 4 is 34.5 Å². The van der Waals surface area contributed by atoms with Gasteiger partial charge in [-0.05, 0) is 12.1 Å². The minimum atomic E-state index is -0.232. The molecule has 0 aliphatic rings. The van der Waals surface area contributed by atoms with Gasteiger partial charge < -0.3 is 21.1 Å². The maximum atomic E-state index is 12.3. The van der Waals surface area contributed by atoms with Crippen LogP contribution in [0.25, 0.3) is 0 Å². The third kappa shape index (κ3) is 4.77. The molecule has 0 aliphatic heterocycles. The van der Waals surface area contributed by atoms with Crippen LogP contribution in [0.3, 0.4) is 0 Å². The van der Waals surface area contributed by atoms with E-state index in [1.807, 2.05) is 5.38 Å². The topological polar surface area (TPSA) is 106 Å². The molecule has 0 saturated heterocycles. The van der Waals surface area contributed by atoms with Gasteiger partial charge in [0.05, 0.1) is 30.6 Å². The Bertz CT molecular complexity index is 730. The first kappa shape index (κ1) is 17.9. The van der Waals surface area contributed by atoms with Crippen LogP contribution in [0, 0.1) is 0 Å². The standard InChI is InChI=1S/C16H20N4O3S/c1-3-14(21)19-12-5-4-11(23-2)7-13(12)20-15(22)6-10-9-24-16(8-17)18-10/h4-5,7,9H,3,6,8,17H2,1-2H3,(H,19,21)(H,20,22). The fraction of sp³-hybridized carbons (Fsp3) is 0.312. The smallest absolute Gasteiger partial charge is 0.230 e. The molecule has 0 radical (unpaired) electrons. The van der Waals surface area contributed by atoms with Gasteiger partial charge >= 0.3 is 0 Å². The third-order valence-corrected chi connectivity index (χ3v) is 4.13. The molecule has 0 bridgehead atoms. The summed E-state index contributed by atoms with van der Waals surface area (Å²) in [7, 11) is 1.54. The maximum Gasteiger partial charge on any atom is 0.230 e. The molecule has 0 saturated carbocycles. The molecule has 0 spiro atoms. The molecule has 0 unspecified atom stereocenters. The van der Waals surface area contributed by atoms with E-state index in [1.165, 1.54) is 18.4 Å². The van der Waals surface area contributed by atoms with Crippen molar-refractivity contribution in [1.29, 1.82) is 0 Å². The average molecular weight is 348 g/mol. The molecule has 0 atom stereocenters. The number of methoxy groups -OCH3 is 1. The van der Waals surface area contributed by atoms with Crippen molar-refractivity contribution in [2.24, 2.45) is 5.73 Å². The molecule has 2 aromatic rings. The second kappa shape index (κ2) is 8.42. The lowest BCUT2D eigenvalue weighted by molar-refractivity contribution is -0.116. The van der Waals surface area contributed by atoms with Crippen LogP contribution in [-0.2, 0) is 22.6 Å². The van der Waals surface area contributed by atoms with E-state index in [0.717, 1.165) is 5.01 Å². The van der Waals surface area contributed by atoms with E-state index in [1.54, 1.807) is 25.1 Å². The summed E-state index contributed by atoms with van der Waals surface area (Å²) in [6, 6.07) is 5.07. The van der Waals surface area contributed by atoms with Crippen LogP contribution in [0.1, 0.15) is 24.0 Å². The number of nitrogens with zero attached hydrogens (tertiary/aromatic N) is 1. The highest BCUT2D eigenvalue weighted by Gasteiger charge is 2.12. The average Bonchev–Trinajstić information content (AvgIpc) is 3.03. The van der Waals surface area contributed by atoms with Crippen LogP contribution in [0.15, 0.2) is 23.6 Å².